The van der Waals surface area contributed by atoms with Crippen molar-refractivity contribution in [1.82, 2.24) is 19.6 Å². The second kappa shape index (κ2) is 10.6. The Bertz CT molecular complexity index is 1210. The van der Waals surface area contributed by atoms with Gasteiger partial charge < -0.3 is 19.8 Å². The first-order valence-corrected chi connectivity index (χ1v) is 13.2. The number of piperazine rings is 1. The third-order valence-electron chi connectivity index (χ3n) is 8.28. The Labute approximate surface area is 220 Å². The summed E-state index contributed by atoms with van der Waals surface area (Å²) in [6.45, 7) is 6.30. The molecule has 1 N–H and O–H groups in total. The smallest absolute Gasteiger partial charge is 0.274 e. The van der Waals surface area contributed by atoms with Gasteiger partial charge in [0.2, 0.25) is 12.3 Å². The molecule has 1 aliphatic carbocycles. The summed E-state index contributed by atoms with van der Waals surface area (Å²) in [4.78, 5) is 31.7. The maximum atomic E-state index is 14.1. The number of nitrogens with zero attached hydrogens (tertiary/aromatic N) is 5. The highest BCUT2D eigenvalue weighted by atomic mass is 19.3. The Hall–Kier alpha value is -3.08. The summed E-state index contributed by atoms with van der Waals surface area (Å²) in [5.74, 6) is -1.67. The van der Waals surface area contributed by atoms with E-state index < -0.39 is 30.5 Å². The van der Waals surface area contributed by atoms with Crippen LogP contribution in [0.15, 0.2) is 18.2 Å². The van der Waals surface area contributed by atoms with Crippen molar-refractivity contribution in [1.29, 1.82) is 0 Å². The van der Waals surface area contributed by atoms with E-state index in [1.165, 1.54) is 20.7 Å². The zero-order valence-corrected chi connectivity index (χ0v) is 21.7. The molecule has 2 amide bonds. The van der Waals surface area contributed by atoms with Crippen LogP contribution in [0.5, 0.6) is 0 Å². The number of fused-ring (bicyclic) bond motifs is 1. The molecule has 11 heteroatoms. The number of halogens is 3. The molecule has 0 spiro atoms. The number of aromatic nitrogens is 2. The van der Waals surface area contributed by atoms with Crippen molar-refractivity contribution in [2.45, 2.75) is 58.4 Å². The van der Waals surface area contributed by atoms with Gasteiger partial charge in [-0.3, -0.25) is 14.3 Å². The first-order chi connectivity index (χ1) is 18.1. The minimum absolute atomic E-state index is 0.00764. The third kappa shape index (κ3) is 5.00. The third-order valence-corrected chi connectivity index (χ3v) is 8.28. The summed E-state index contributed by atoms with van der Waals surface area (Å²) < 4.78 is 42.7. The Morgan fingerprint density at radius 3 is 2.50 bits per heavy atom. The van der Waals surface area contributed by atoms with E-state index >= 15 is 0 Å². The van der Waals surface area contributed by atoms with Crippen LogP contribution < -0.4 is 4.90 Å². The molecule has 0 saturated carbocycles. The van der Waals surface area contributed by atoms with Crippen LogP contribution in [0.1, 0.15) is 39.3 Å². The second-order valence-electron chi connectivity index (χ2n) is 10.6. The summed E-state index contributed by atoms with van der Waals surface area (Å²) in [5.41, 5.74) is 4.50. The molecule has 8 nitrogen and oxygen atoms in total. The number of rotatable bonds is 5. The molecule has 1 aromatic heterocycles. The van der Waals surface area contributed by atoms with Crippen molar-refractivity contribution >= 4 is 17.5 Å². The lowest BCUT2D eigenvalue weighted by Gasteiger charge is -2.37. The van der Waals surface area contributed by atoms with Crippen molar-refractivity contribution in [3.05, 3.63) is 46.3 Å². The predicted molar refractivity (Wildman–Crippen MR) is 135 cm³/mol. The highest BCUT2D eigenvalue weighted by molar-refractivity contribution is 5.94. The van der Waals surface area contributed by atoms with Crippen LogP contribution in [0.4, 0.5) is 18.9 Å². The Balaban J connectivity index is 1.30. The van der Waals surface area contributed by atoms with E-state index in [1.54, 1.807) is 4.90 Å². The van der Waals surface area contributed by atoms with Gasteiger partial charge in [0.1, 0.15) is 12.7 Å². The number of alkyl halides is 3. The number of carbonyl (C=O) groups is 2. The summed E-state index contributed by atoms with van der Waals surface area (Å²) in [7, 11) is 0. The van der Waals surface area contributed by atoms with Gasteiger partial charge in [-0.25, -0.2) is 13.2 Å². The number of aliphatic hydroxyl groups excluding tert-OH is 1. The van der Waals surface area contributed by atoms with Crippen molar-refractivity contribution < 1.29 is 27.9 Å². The number of benzene rings is 1. The minimum Gasteiger partial charge on any atom is -0.390 e. The second-order valence-corrected chi connectivity index (χ2v) is 10.6. The number of carbonyl (C=O) groups excluding carboxylic acids is 2. The summed E-state index contributed by atoms with van der Waals surface area (Å²) in [6, 6.07) is 6.18. The van der Waals surface area contributed by atoms with Crippen LogP contribution in [0.2, 0.25) is 0 Å². The lowest BCUT2D eigenvalue weighted by atomic mass is 10.0. The van der Waals surface area contributed by atoms with E-state index in [-0.39, 0.29) is 50.5 Å². The van der Waals surface area contributed by atoms with Gasteiger partial charge >= 0.3 is 0 Å². The van der Waals surface area contributed by atoms with E-state index in [1.807, 2.05) is 6.07 Å². The van der Waals surface area contributed by atoms with Gasteiger partial charge in [0, 0.05) is 55.6 Å². The molecule has 3 heterocycles. The summed E-state index contributed by atoms with van der Waals surface area (Å²) in [6.07, 6.45) is -5.13. The van der Waals surface area contributed by atoms with Gasteiger partial charge in [0.25, 0.3) is 5.91 Å². The van der Waals surface area contributed by atoms with Gasteiger partial charge in [-0.2, -0.15) is 5.10 Å². The molecule has 0 bridgehead atoms. The fraction of sp³-hybridized carbons (Fsp3) is 0.593. The van der Waals surface area contributed by atoms with E-state index in [0.29, 0.717) is 37.4 Å². The lowest BCUT2D eigenvalue weighted by Crippen LogP contribution is -2.50. The molecule has 206 valence electrons. The number of amides is 2. The average molecular weight is 534 g/mol. The molecule has 2 aromatic rings. The van der Waals surface area contributed by atoms with E-state index in [2.05, 4.69) is 36.0 Å². The predicted octanol–water partition coefficient (Wildman–Crippen LogP) is 2.37. The largest absolute Gasteiger partial charge is 0.390 e. The molecule has 2 saturated heterocycles. The number of piperidine rings is 1. The molecule has 0 unspecified atom stereocenters. The number of hydrogen-bond donors (Lipinski definition) is 1. The molecular weight excluding hydrogens is 499 g/mol. The zero-order chi connectivity index (χ0) is 27.1. The molecular formula is C27H34F3N5O3. The number of hydrogen-bond acceptors (Lipinski definition) is 5. The SMILES string of the molecule is Cc1cccc(N2CCN(C(=O)Cn3nc(C(=O)N4CC[C@H](O)[C@H](F)C4)c4c3C[C@H](C(F)F)C4)CC2)c1C. The minimum atomic E-state index is -2.56. The molecule has 0 radical (unpaired) electrons. The van der Waals surface area contributed by atoms with Gasteiger partial charge in [-0.1, -0.05) is 12.1 Å². The molecule has 3 atom stereocenters. The molecule has 3 aliphatic rings. The van der Waals surface area contributed by atoms with Crippen LogP contribution in [0.3, 0.4) is 0 Å². The first kappa shape index (κ1) is 26.5. The molecule has 1 aromatic carbocycles. The van der Waals surface area contributed by atoms with Gasteiger partial charge in [0.05, 0.1) is 12.6 Å². The van der Waals surface area contributed by atoms with Gasteiger partial charge in [-0.05, 0) is 50.3 Å². The highest BCUT2D eigenvalue weighted by Crippen LogP contribution is 2.34. The van der Waals surface area contributed by atoms with Crippen molar-refractivity contribution in [3.63, 3.8) is 0 Å². The van der Waals surface area contributed by atoms with Crippen LogP contribution in [0, 0.1) is 19.8 Å². The Morgan fingerprint density at radius 1 is 1.08 bits per heavy atom. The number of aliphatic hydroxyl groups is 1. The fourth-order valence-corrected chi connectivity index (χ4v) is 5.77. The standard InChI is InChI=1S/C27H34F3N5O3/c1-16-4-3-5-21(17(16)2)32-8-10-33(11-9-32)24(37)15-35-22-13-18(26(29)30)12-19(22)25(31-35)27(38)34-7-6-23(36)20(28)14-34/h3-5,18,20,23,26,36H,6-15H2,1-2H3/t18-,20-,23+/m1/s1. The topological polar surface area (TPSA) is 81.9 Å². The van der Waals surface area contributed by atoms with E-state index in [0.717, 1.165) is 5.69 Å². The summed E-state index contributed by atoms with van der Waals surface area (Å²) >= 11 is 0. The van der Waals surface area contributed by atoms with Gasteiger partial charge in [-0.15, -0.1) is 0 Å². The summed E-state index contributed by atoms with van der Waals surface area (Å²) in [5, 5.41) is 14.1. The van der Waals surface area contributed by atoms with Crippen LogP contribution in [-0.2, 0) is 24.2 Å². The average Bonchev–Trinajstić information content (AvgIpc) is 3.48. The number of likely N-dealkylation sites (tertiary alicyclic amines) is 1. The molecule has 5 rings (SSSR count). The van der Waals surface area contributed by atoms with Crippen molar-refractivity contribution in [2.75, 3.05) is 44.2 Å². The van der Waals surface area contributed by atoms with Crippen molar-refractivity contribution in [3.8, 4) is 0 Å². The highest BCUT2D eigenvalue weighted by Gasteiger charge is 2.39. The first-order valence-electron chi connectivity index (χ1n) is 13.2. The van der Waals surface area contributed by atoms with Crippen LogP contribution >= 0.6 is 0 Å². The maximum absolute atomic E-state index is 14.1. The van der Waals surface area contributed by atoms with Gasteiger partial charge in [0.15, 0.2) is 5.69 Å². The zero-order valence-electron chi connectivity index (χ0n) is 21.7. The number of anilines is 1. The van der Waals surface area contributed by atoms with Crippen LogP contribution in [-0.4, -0.2) is 94.5 Å². The molecule has 2 fully saturated rings. The number of aryl methyl sites for hydroxylation is 1. The fourth-order valence-electron chi connectivity index (χ4n) is 5.77. The normalized spacial score (nSPS) is 23.8. The maximum Gasteiger partial charge on any atom is 0.274 e. The quantitative estimate of drug-likeness (QED) is 0.639. The van der Waals surface area contributed by atoms with Crippen molar-refractivity contribution in [2.24, 2.45) is 5.92 Å². The van der Waals surface area contributed by atoms with E-state index in [4.69, 9.17) is 0 Å². The Kier molecular flexibility index (Phi) is 7.39. The monoisotopic (exact) mass is 533 g/mol. The molecule has 2 aliphatic heterocycles. The van der Waals surface area contributed by atoms with E-state index in [9.17, 15) is 27.9 Å². The molecule has 38 heavy (non-hydrogen) atoms. The Morgan fingerprint density at radius 2 is 1.82 bits per heavy atom. The lowest BCUT2D eigenvalue weighted by molar-refractivity contribution is -0.132. The van der Waals surface area contributed by atoms with Crippen LogP contribution in [0.25, 0.3) is 0 Å².